The first kappa shape index (κ1) is 25.0. The van der Waals surface area contributed by atoms with Crippen molar-refractivity contribution in [2.45, 2.75) is 6.92 Å². The van der Waals surface area contributed by atoms with Crippen molar-refractivity contribution in [3.05, 3.63) is 95.4 Å². The number of rotatable bonds is 8. The van der Waals surface area contributed by atoms with Crippen LogP contribution in [0, 0.1) is 0 Å². The second-order valence-corrected chi connectivity index (χ2v) is 8.99. The van der Waals surface area contributed by atoms with Crippen LogP contribution < -0.4 is 19.0 Å². The second kappa shape index (κ2) is 11.1. The van der Waals surface area contributed by atoms with Gasteiger partial charge in [0, 0.05) is 35.2 Å². The van der Waals surface area contributed by atoms with Gasteiger partial charge in [0.15, 0.2) is 11.5 Å². The summed E-state index contributed by atoms with van der Waals surface area (Å²) in [4.78, 5) is 13.8. The Balaban J connectivity index is 1.64. The maximum Gasteiger partial charge on any atom is 0.211 e. The topological polar surface area (TPSA) is 88.1 Å². The molecule has 0 spiro atoms. The largest absolute Gasteiger partial charge is 0.493 e. The first-order chi connectivity index (χ1) is 18.6. The van der Waals surface area contributed by atoms with Crippen LogP contribution in [0.5, 0.6) is 17.2 Å². The van der Waals surface area contributed by atoms with Gasteiger partial charge in [0.05, 0.1) is 50.9 Å². The molecule has 0 saturated heterocycles. The van der Waals surface area contributed by atoms with Gasteiger partial charge < -0.3 is 18.8 Å². The van der Waals surface area contributed by atoms with Crippen molar-refractivity contribution in [3.63, 3.8) is 0 Å². The van der Waals surface area contributed by atoms with E-state index in [9.17, 15) is 0 Å². The van der Waals surface area contributed by atoms with Crippen LogP contribution in [0.3, 0.4) is 0 Å². The SMILES string of the molecule is COc1cc(-c2csc(=Nc3cccnc3)n2N=C(C)c2ccc(-n3ccnc3)cc2)cc(OC)c1OC. The van der Waals surface area contributed by atoms with E-state index in [0.717, 1.165) is 33.9 Å². The molecule has 0 bridgehead atoms. The minimum atomic E-state index is 0.526. The highest BCUT2D eigenvalue weighted by atomic mass is 32.1. The van der Waals surface area contributed by atoms with E-state index < -0.39 is 0 Å². The molecular formula is C28H26N6O3S. The summed E-state index contributed by atoms with van der Waals surface area (Å²) in [7, 11) is 4.78. The van der Waals surface area contributed by atoms with Gasteiger partial charge in [0.1, 0.15) is 0 Å². The van der Waals surface area contributed by atoms with Crippen molar-refractivity contribution >= 4 is 22.7 Å². The van der Waals surface area contributed by atoms with E-state index in [4.69, 9.17) is 24.3 Å². The molecule has 0 N–H and O–H groups in total. The average Bonchev–Trinajstić information content (AvgIpc) is 3.64. The van der Waals surface area contributed by atoms with Crippen LogP contribution >= 0.6 is 11.3 Å². The average molecular weight is 527 g/mol. The molecule has 38 heavy (non-hydrogen) atoms. The minimum absolute atomic E-state index is 0.526. The van der Waals surface area contributed by atoms with Gasteiger partial charge in [-0.05, 0) is 48.9 Å². The van der Waals surface area contributed by atoms with Crippen LogP contribution in [0.15, 0.2) is 95.1 Å². The summed E-state index contributed by atoms with van der Waals surface area (Å²) < 4.78 is 20.5. The Labute approximate surface area is 224 Å². The number of hydrogen-bond donors (Lipinski definition) is 0. The molecule has 10 heteroatoms. The van der Waals surface area contributed by atoms with Gasteiger partial charge in [-0.1, -0.05) is 12.1 Å². The zero-order chi connectivity index (χ0) is 26.5. The van der Waals surface area contributed by atoms with Crippen LogP contribution in [0.1, 0.15) is 12.5 Å². The second-order valence-electron chi connectivity index (χ2n) is 8.15. The number of ether oxygens (including phenoxy) is 3. The van der Waals surface area contributed by atoms with Crippen LogP contribution in [0.25, 0.3) is 16.9 Å². The Bertz CT molecular complexity index is 1600. The highest BCUT2D eigenvalue weighted by Gasteiger charge is 2.17. The molecular weight excluding hydrogens is 500 g/mol. The molecule has 0 aliphatic heterocycles. The van der Waals surface area contributed by atoms with Crippen LogP contribution in [0.4, 0.5) is 5.69 Å². The van der Waals surface area contributed by atoms with Crippen LogP contribution in [-0.2, 0) is 0 Å². The Morgan fingerprint density at radius 2 is 1.68 bits per heavy atom. The first-order valence-corrected chi connectivity index (χ1v) is 12.6. The van der Waals surface area contributed by atoms with Gasteiger partial charge >= 0.3 is 0 Å². The molecule has 0 radical (unpaired) electrons. The lowest BCUT2D eigenvalue weighted by molar-refractivity contribution is 0.324. The highest BCUT2D eigenvalue weighted by Crippen LogP contribution is 2.41. The molecule has 0 aliphatic carbocycles. The zero-order valence-electron chi connectivity index (χ0n) is 21.4. The molecule has 9 nitrogen and oxygen atoms in total. The third kappa shape index (κ3) is 5.07. The van der Waals surface area contributed by atoms with Gasteiger partial charge in [0.25, 0.3) is 0 Å². The first-order valence-electron chi connectivity index (χ1n) is 11.7. The van der Waals surface area contributed by atoms with Gasteiger partial charge in [-0.3, -0.25) is 4.98 Å². The third-order valence-corrected chi connectivity index (χ3v) is 6.67. The number of benzene rings is 2. The zero-order valence-corrected chi connectivity index (χ0v) is 22.2. The van der Waals surface area contributed by atoms with Crippen molar-refractivity contribution < 1.29 is 14.2 Å². The Morgan fingerprint density at radius 3 is 2.29 bits per heavy atom. The summed E-state index contributed by atoms with van der Waals surface area (Å²) in [6.07, 6.45) is 8.87. The van der Waals surface area contributed by atoms with E-state index in [1.807, 2.05) is 76.3 Å². The Hall–Kier alpha value is -4.70. The maximum atomic E-state index is 5.59. The van der Waals surface area contributed by atoms with Crippen molar-refractivity contribution in [1.29, 1.82) is 0 Å². The molecule has 3 heterocycles. The van der Waals surface area contributed by atoms with E-state index in [1.54, 1.807) is 46.2 Å². The van der Waals surface area contributed by atoms with Crippen molar-refractivity contribution in [2.75, 3.05) is 21.3 Å². The number of nitrogens with zero attached hydrogens (tertiary/aromatic N) is 6. The van der Waals surface area contributed by atoms with Gasteiger partial charge in [0.2, 0.25) is 10.6 Å². The van der Waals surface area contributed by atoms with Gasteiger partial charge in [-0.2, -0.15) is 5.10 Å². The lowest BCUT2D eigenvalue weighted by Gasteiger charge is -2.14. The van der Waals surface area contributed by atoms with Crippen LogP contribution in [-0.4, -0.2) is 46.3 Å². The summed E-state index contributed by atoms with van der Waals surface area (Å²) in [5.74, 6) is 1.64. The Morgan fingerprint density at radius 1 is 0.921 bits per heavy atom. The maximum absolute atomic E-state index is 5.59. The predicted octanol–water partition coefficient (Wildman–Crippen LogP) is 5.33. The van der Waals surface area contributed by atoms with Crippen molar-refractivity contribution in [2.24, 2.45) is 10.1 Å². The molecule has 192 valence electrons. The summed E-state index contributed by atoms with van der Waals surface area (Å²) in [5, 5.41) is 7.01. The van der Waals surface area contributed by atoms with Crippen molar-refractivity contribution in [1.82, 2.24) is 19.2 Å². The predicted molar refractivity (Wildman–Crippen MR) is 148 cm³/mol. The van der Waals surface area contributed by atoms with Gasteiger partial charge in [-0.15, -0.1) is 11.3 Å². The number of aromatic nitrogens is 4. The van der Waals surface area contributed by atoms with E-state index in [-0.39, 0.29) is 0 Å². The minimum Gasteiger partial charge on any atom is -0.493 e. The lowest BCUT2D eigenvalue weighted by atomic mass is 10.1. The number of imidazole rings is 1. The monoisotopic (exact) mass is 526 g/mol. The fraction of sp³-hybridized carbons (Fsp3) is 0.143. The summed E-state index contributed by atoms with van der Waals surface area (Å²) >= 11 is 1.48. The van der Waals surface area contributed by atoms with E-state index in [0.29, 0.717) is 22.0 Å². The Kier molecular flexibility index (Phi) is 7.32. The quantitative estimate of drug-likeness (QED) is 0.255. The molecule has 5 aromatic rings. The molecule has 3 aromatic heterocycles. The molecule has 0 fully saturated rings. The molecule has 0 atom stereocenters. The molecule has 0 amide bonds. The van der Waals surface area contributed by atoms with E-state index in [1.165, 1.54) is 11.3 Å². The summed E-state index contributed by atoms with van der Waals surface area (Å²) in [6.45, 7) is 1.98. The number of pyridine rings is 1. The van der Waals surface area contributed by atoms with Crippen molar-refractivity contribution in [3.8, 4) is 34.2 Å². The summed E-state index contributed by atoms with van der Waals surface area (Å²) in [5.41, 5.74) is 5.23. The number of hydrogen-bond acceptors (Lipinski definition) is 8. The molecule has 0 saturated carbocycles. The number of thiazole rings is 1. The van der Waals surface area contributed by atoms with E-state index >= 15 is 0 Å². The molecule has 0 aliphatic rings. The highest BCUT2D eigenvalue weighted by molar-refractivity contribution is 7.07. The van der Waals surface area contributed by atoms with E-state index in [2.05, 4.69) is 9.97 Å². The fourth-order valence-electron chi connectivity index (χ4n) is 3.93. The molecule has 0 unspecified atom stereocenters. The lowest BCUT2D eigenvalue weighted by Crippen LogP contribution is -2.14. The normalized spacial score (nSPS) is 12.0. The standard InChI is InChI=1S/C28H26N6O3S/c1-19(20-7-9-23(10-8-20)33-13-12-30-18-33)32-34-24(17-38-28(34)31-22-6-5-11-29-16-22)21-14-25(35-2)27(37-4)26(15-21)36-3/h5-18H,1-4H3. The molecule has 5 rings (SSSR count). The third-order valence-electron chi connectivity index (χ3n) is 5.85. The van der Waals surface area contributed by atoms with Gasteiger partial charge in [-0.25, -0.2) is 14.7 Å². The smallest absolute Gasteiger partial charge is 0.211 e. The number of methoxy groups -OCH3 is 3. The summed E-state index contributed by atoms with van der Waals surface area (Å²) in [6, 6.07) is 15.7. The fourth-order valence-corrected chi connectivity index (χ4v) is 4.78. The van der Waals surface area contributed by atoms with Crippen LogP contribution in [0.2, 0.25) is 0 Å². The molecule has 2 aromatic carbocycles.